The van der Waals surface area contributed by atoms with Crippen molar-refractivity contribution in [1.29, 1.82) is 0 Å². The maximum Gasteiger partial charge on any atom is 0.411 e. The van der Waals surface area contributed by atoms with E-state index in [0.717, 1.165) is 11.3 Å². The minimum absolute atomic E-state index is 0.229. The van der Waals surface area contributed by atoms with Gasteiger partial charge in [0, 0.05) is 5.56 Å². The third-order valence-corrected chi connectivity index (χ3v) is 4.80. The van der Waals surface area contributed by atoms with Gasteiger partial charge in [0.05, 0.1) is 30.2 Å². The van der Waals surface area contributed by atoms with Crippen LogP contribution in [0.5, 0.6) is 0 Å². The van der Waals surface area contributed by atoms with Crippen LogP contribution in [0.1, 0.15) is 38.4 Å². The van der Waals surface area contributed by atoms with Crippen LogP contribution in [-0.2, 0) is 17.9 Å². The van der Waals surface area contributed by atoms with E-state index in [1.165, 1.54) is 11.6 Å². The van der Waals surface area contributed by atoms with Crippen molar-refractivity contribution in [2.45, 2.75) is 40.1 Å². The van der Waals surface area contributed by atoms with Crippen molar-refractivity contribution in [3.05, 3.63) is 82.2 Å². The summed E-state index contributed by atoms with van der Waals surface area (Å²) < 4.78 is 43.2. The number of amides is 1. The van der Waals surface area contributed by atoms with Gasteiger partial charge in [-0.1, -0.05) is 42.0 Å². The molecule has 3 aromatic rings. The number of alkyl halides is 3. The molecule has 0 saturated carbocycles. The van der Waals surface area contributed by atoms with Crippen LogP contribution < -0.4 is 5.32 Å². The molecular formula is C23H24F3N3O2. The van der Waals surface area contributed by atoms with Gasteiger partial charge in [-0.15, -0.1) is 0 Å². The second-order valence-electron chi connectivity index (χ2n) is 7.45. The highest BCUT2D eigenvalue weighted by molar-refractivity contribution is 6.05. The number of hydrogen-bond acceptors (Lipinski definition) is 3. The Morgan fingerprint density at radius 1 is 1.06 bits per heavy atom. The summed E-state index contributed by atoms with van der Waals surface area (Å²) in [6.07, 6.45) is -4.39. The molecule has 0 unspecified atom stereocenters. The molecular weight excluding hydrogens is 407 g/mol. The predicted octanol–water partition coefficient (Wildman–Crippen LogP) is 5.19. The highest BCUT2D eigenvalue weighted by atomic mass is 19.4. The second-order valence-corrected chi connectivity index (χ2v) is 7.45. The summed E-state index contributed by atoms with van der Waals surface area (Å²) in [4.78, 5) is 12.7. The number of nitrogens with zero attached hydrogens (tertiary/aromatic N) is 2. The van der Waals surface area contributed by atoms with Gasteiger partial charge in [0.15, 0.2) is 0 Å². The number of benzene rings is 2. The van der Waals surface area contributed by atoms with Crippen molar-refractivity contribution in [2.75, 3.05) is 11.9 Å². The van der Waals surface area contributed by atoms with Crippen molar-refractivity contribution >= 4 is 11.6 Å². The molecule has 0 saturated heterocycles. The Labute approximate surface area is 178 Å². The molecule has 0 aliphatic carbocycles. The lowest BCUT2D eigenvalue weighted by atomic mass is 10.1. The molecule has 8 heteroatoms. The molecule has 2 aromatic carbocycles. The normalized spacial score (nSPS) is 11.5. The molecule has 0 aliphatic rings. The largest absolute Gasteiger partial charge is 0.411 e. The number of hydrogen-bond donors (Lipinski definition) is 1. The molecule has 0 spiro atoms. The minimum atomic E-state index is -4.39. The molecule has 31 heavy (non-hydrogen) atoms. The number of carbonyl (C=O) groups excluding carboxylic acids is 1. The van der Waals surface area contributed by atoms with Crippen molar-refractivity contribution < 1.29 is 22.7 Å². The fraction of sp³-hybridized carbons (Fsp3) is 0.304. The SMILES string of the molecule is Cc1ccc(Cn2nc(C)c(NC(=O)c3cccc(COCC(F)(F)F)c3)c2C)cc1. The van der Waals surface area contributed by atoms with Gasteiger partial charge in [0.2, 0.25) is 0 Å². The van der Waals surface area contributed by atoms with Gasteiger partial charge in [-0.3, -0.25) is 9.48 Å². The summed E-state index contributed by atoms with van der Waals surface area (Å²) in [5.74, 6) is -0.362. The molecule has 0 fully saturated rings. The third kappa shape index (κ3) is 6.18. The molecule has 0 atom stereocenters. The number of nitrogens with one attached hydrogen (secondary N) is 1. The Kier molecular flexibility index (Phi) is 6.80. The monoisotopic (exact) mass is 431 g/mol. The Balaban J connectivity index is 1.70. The van der Waals surface area contributed by atoms with Gasteiger partial charge in [-0.2, -0.15) is 18.3 Å². The molecule has 0 radical (unpaired) electrons. The zero-order valence-corrected chi connectivity index (χ0v) is 17.6. The number of aryl methyl sites for hydroxylation is 2. The van der Waals surface area contributed by atoms with Gasteiger partial charge in [-0.25, -0.2) is 0 Å². The van der Waals surface area contributed by atoms with Gasteiger partial charge in [-0.05, 0) is 44.0 Å². The molecule has 1 N–H and O–H groups in total. The fourth-order valence-electron chi connectivity index (χ4n) is 3.17. The zero-order chi connectivity index (χ0) is 22.6. The van der Waals surface area contributed by atoms with E-state index in [0.29, 0.717) is 29.1 Å². The minimum Gasteiger partial charge on any atom is -0.367 e. The summed E-state index contributed by atoms with van der Waals surface area (Å²) in [5.41, 5.74) is 5.21. The average Bonchev–Trinajstić information content (AvgIpc) is 2.96. The second kappa shape index (κ2) is 9.34. The van der Waals surface area contributed by atoms with E-state index in [1.807, 2.05) is 49.7 Å². The van der Waals surface area contributed by atoms with Crippen LogP contribution in [0.25, 0.3) is 0 Å². The van der Waals surface area contributed by atoms with Crippen LogP contribution in [0, 0.1) is 20.8 Å². The van der Waals surface area contributed by atoms with Crippen molar-refractivity contribution in [2.24, 2.45) is 0 Å². The van der Waals surface area contributed by atoms with Gasteiger partial charge in [0.25, 0.3) is 5.91 Å². The van der Waals surface area contributed by atoms with E-state index in [9.17, 15) is 18.0 Å². The maximum absolute atomic E-state index is 12.7. The molecule has 0 bridgehead atoms. The summed E-state index contributed by atoms with van der Waals surface area (Å²) in [6, 6.07) is 14.5. The first kappa shape index (κ1) is 22.6. The van der Waals surface area contributed by atoms with Crippen LogP contribution in [-0.4, -0.2) is 28.5 Å². The van der Waals surface area contributed by atoms with Crippen LogP contribution in [0.15, 0.2) is 48.5 Å². The first-order valence-electron chi connectivity index (χ1n) is 9.77. The quantitative estimate of drug-likeness (QED) is 0.560. The fourth-order valence-corrected chi connectivity index (χ4v) is 3.17. The Bertz CT molecular complexity index is 1060. The van der Waals surface area contributed by atoms with E-state index in [4.69, 9.17) is 0 Å². The lowest BCUT2D eigenvalue weighted by molar-refractivity contribution is -0.176. The molecule has 3 rings (SSSR count). The van der Waals surface area contributed by atoms with Gasteiger partial charge < -0.3 is 10.1 Å². The maximum atomic E-state index is 12.7. The van der Waals surface area contributed by atoms with Crippen LogP contribution in [0.4, 0.5) is 18.9 Å². The van der Waals surface area contributed by atoms with Crippen LogP contribution >= 0.6 is 0 Å². The van der Waals surface area contributed by atoms with Crippen molar-refractivity contribution in [3.8, 4) is 0 Å². The topological polar surface area (TPSA) is 56.2 Å². The van der Waals surface area contributed by atoms with Gasteiger partial charge >= 0.3 is 6.18 Å². The van der Waals surface area contributed by atoms with E-state index in [-0.39, 0.29) is 12.5 Å². The molecule has 164 valence electrons. The lowest BCUT2D eigenvalue weighted by Gasteiger charge is -2.10. The number of halogens is 3. The van der Waals surface area contributed by atoms with Crippen molar-refractivity contribution in [3.63, 3.8) is 0 Å². The number of ether oxygens (including phenoxy) is 1. The standard InChI is InChI=1S/C23H24F3N3O2/c1-15-7-9-18(10-8-15)12-29-17(3)21(16(2)28-29)27-22(30)20-6-4-5-19(11-20)13-31-14-23(24,25)26/h4-11H,12-14H2,1-3H3,(H,27,30). The predicted molar refractivity (Wildman–Crippen MR) is 112 cm³/mol. The molecule has 1 aromatic heterocycles. The Hall–Kier alpha value is -3.13. The lowest BCUT2D eigenvalue weighted by Crippen LogP contribution is -2.17. The van der Waals surface area contributed by atoms with E-state index in [1.54, 1.807) is 18.2 Å². The summed E-state index contributed by atoms with van der Waals surface area (Å²) in [5, 5.41) is 7.41. The number of carbonyl (C=O) groups is 1. The third-order valence-electron chi connectivity index (χ3n) is 4.80. The molecule has 1 heterocycles. The summed E-state index contributed by atoms with van der Waals surface area (Å²) in [6.45, 7) is 4.74. The first-order chi connectivity index (χ1) is 14.6. The summed E-state index contributed by atoms with van der Waals surface area (Å²) in [7, 11) is 0. The summed E-state index contributed by atoms with van der Waals surface area (Å²) >= 11 is 0. The molecule has 1 amide bonds. The van der Waals surface area contributed by atoms with E-state index < -0.39 is 12.8 Å². The highest BCUT2D eigenvalue weighted by Crippen LogP contribution is 2.22. The zero-order valence-electron chi connectivity index (χ0n) is 17.6. The Morgan fingerprint density at radius 3 is 2.45 bits per heavy atom. The number of anilines is 1. The van der Waals surface area contributed by atoms with E-state index >= 15 is 0 Å². The van der Waals surface area contributed by atoms with Gasteiger partial charge in [0.1, 0.15) is 6.61 Å². The molecule has 0 aliphatic heterocycles. The van der Waals surface area contributed by atoms with Crippen LogP contribution in [0.3, 0.4) is 0 Å². The van der Waals surface area contributed by atoms with Crippen molar-refractivity contribution in [1.82, 2.24) is 9.78 Å². The average molecular weight is 431 g/mol. The van der Waals surface area contributed by atoms with E-state index in [2.05, 4.69) is 15.2 Å². The number of aromatic nitrogens is 2. The first-order valence-corrected chi connectivity index (χ1v) is 9.77. The number of rotatable bonds is 7. The Morgan fingerprint density at radius 2 is 1.77 bits per heavy atom. The van der Waals surface area contributed by atoms with Crippen LogP contribution in [0.2, 0.25) is 0 Å². The smallest absolute Gasteiger partial charge is 0.367 e. The molecule has 5 nitrogen and oxygen atoms in total. The highest BCUT2D eigenvalue weighted by Gasteiger charge is 2.27.